The Bertz CT molecular complexity index is 997. The first-order valence-electron chi connectivity index (χ1n) is 12.0. The van der Waals surface area contributed by atoms with Crippen LogP contribution in [0.15, 0.2) is 54.7 Å². The molecule has 0 atom stereocenters. The van der Waals surface area contributed by atoms with Gasteiger partial charge in [0.1, 0.15) is 17.5 Å². The summed E-state index contributed by atoms with van der Waals surface area (Å²) in [7, 11) is 4.03. The maximum Gasteiger partial charge on any atom is 0.229 e. The molecule has 4 rings (SSSR count). The number of benzene rings is 1. The summed E-state index contributed by atoms with van der Waals surface area (Å²) in [6.45, 7) is 5.76. The van der Waals surface area contributed by atoms with Crippen LogP contribution in [-0.4, -0.2) is 55.2 Å². The van der Waals surface area contributed by atoms with Gasteiger partial charge in [-0.2, -0.15) is 9.97 Å². The molecule has 1 aliphatic rings. The van der Waals surface area contributed by atoms with E-state index in [4.69, 9.17) is 9.97 Å². The van der Waals surface area contributed by atoms with Gasteiger partial charge in [-0.15, -0.1) is 0 Å². The molecular weight excluding hydrogens is 410 g/mol. The summed E-state index contributed by atoms with van der Waals surface area (Å²) >= 11 is 0. The molecular formula is C26H35N7. The van der Waals surface area contributed by atoms with Crippen molar-refractivity contribution in [3.63, 3.8) is 0 Å². The van der Waals surface area contributed by atoms with Crippen LogP contribution in [-0.2, 0) is 6.42 Å². The lowest BCUT2D eigenvalue weighted by Crippen LogP contribution is -2.47. The maximum absolute atomic E-state index is 4.86. The molecule has 1 saturated heterocycles. The standard InChI is InChI=1S/C26H35N7/c1-4-5-6-9-21-11-13-22(14-12-21)28-23-20-25(31(2)3)30-26(29-23)33-18-16-32(17-19-33)24-10-7-8-15-27-24/h7-8,10-15,20H,4-6,9,16-19H2,1-3H3,(H,28,29,30). The maximum atomic E-state index is 4.86. The first-order valence-corrected chi connectivity index (χ1v) is 12.0. The van der Waals surface area contributed by atoms with Crippen molar-refractivity contribution in [2.75, 3.05) is 60.3 Å². The molecule has 1 fully saturated rings. The summed E-state index contributed by atoms with van der Waals surface area (Å²) in [5.41, 5.74) is 2.43. The molecule has 0 bridgehead atoms. The lowest BCUT2D eigenvalue weighted by molar-refractivity contribution is 0.635. The molecule has 1 aliphatic heterocycles. The van der Waals surface area contributed by atoms with Gasteiger partial charge in [0.25, 0.3) is 0 Å². The van der Waals surface area contributed by atoms with Crippen molar-refractivity contribution < 1.29 is 0 Å². The Balaban J connectivity index is 1.45. The number of nitrogens with zero attached hydrogens (tertiary/aromatic N) is 6. The minimum atomic E-state index is 0.764. The summed E-state index contributed by atoms with van der Waals surface area (Å²) in [4.78, 5) is 20.8. The Morgan fingerprint density at radius 2 is 1.67 bits per heavy atom. The van der Waals surface area contributed by atoms with E-state index < -0.39 is 0 Å². The Labute approximate surface area is 197 Å². The monoisotopic (exact) mass is 445 g/mol. The average molecular weight is 446 g/mol. The quantitative estimate of drug-likeness (QED) is 0.477. The molecule has 1 N–H and O–H groups in total. The third kappa shape index (κ3) is 6.12. The third-order valence-corrected chi connectivity index (χ3v) is 5.99. The van der Waals surface area contributed by atoms with Gasteiger partial charge in [-0.25, -0.2) is 4.98 Å². The highest BCUT2D eigenvalue weighted by atomic mass is 15.3. The highest BCUT2D eigenvalue weighted by Gasteiger charge is 2.21. The van der Waals surface area contributed by atoms with E-state index >= 15 is 0 Å². The van der Waals surface area contributed by atoms with Gasteiger partial charge in [0.05, 0.1) is 0 Å². The second-order valence-electron chi connectivity index (χ2n) is 8.75. The zero-order chi connectivity index (χ0) is 23.0. The van der Waals surface area contributed by atoms with Crippen LogP contribution in [0.4, 0.5) is 29.1 Å². The summed E-state index contributed by atoms with van der Waals surface area (Å²) in [5.74, 6) is 3.50. The number of aromatic nitrogens is 3. The topological polar surface area (TPSA) is 60.4 Å². The highest BCUT2D eigenvalue weighted by Crippen LogP contribution is 2.24. The Morgan fingerprint density at radius 3 is 2.33 bits per heavy atom. The molecule has 1 aromatic carbocycles. The molecule has 3 aromatic rings. The number of pyridine rings is 1. The molecule has 0 radical (unpaired) electrons. The summed E-state index contributed by atoms with van der Waals surface area (Å²) in [6.07, 6.45) is 6.77. The number of rotatable bonds is 9. The predicted octanol–water partition coefficient (Wildman–Crippen LogP) is 4.74. The fourth-order valence-corrected chi connectivity index (χ4v) is 4.01. The van der Waals surface area contributed by atoms with Gasteiger partial charge >= 0.3 is 0 Å². The predicted molar refractivity (Wildman–Crippen MR) is 138 cm³/mol. The number of unbranched alkanes of at least 4 members (excludes halogenated alkanes) is 2. The smallest absolute Gasteiger partial charge is 0.229 e. The van der Waals surface area contributed by atoms with Crippen molar-refractivity contribution in [3.05, 3.63) is 60.3 Å². The fraction of sp³-hybridized carbons (Fsp3) is 0.423. The Morgan fingerprint density at radius 1 is 0.909 bits per heavy atom. The molecule has 33 heavy (non-hydrogen) atoms. The minimum Gasteiger partial charge on any atom is -0.363 e. The summed E-state index contributed by atoms with van der Waals surface area (Å²) in [5, 5.41) is 3.48. The SMILES string of the molecule is CCCCCc1ccc(Nc2cc(N(C)C)nc(N3CCN(c4ccccn4)CC3)n2)cc1. The zero-order valence-electron chi connectivity index (χ0n) is 20.0. The second-order valence-corrected chi connectivity index (χ2v) is 8.75. The number of aryl methyl sites for hydroxylation is 1. The van der Waals surface area contributed by atoms with E-state index in [0.29, 0.717) is 0 Å². The molecule has 0 unspecified atom stereocenters. The Hall–Kier alpha value is -3.35. The molecule has 0 amide bonds. The zero-order valence-corrected chi connectivity index (χ0v) is 20.0. The number of hydrogen-bond donors (Lipinski definition) is 1. The van der Waals surface area contributed by atoms with E-state index in [2.05, 4.69) is 57.4 Å². The van der Waals surface area contributed by atoms with Crippen molar-refractivity contribution in [2.45, 2.75) is 32.6 Å². The number of anilines is 5. The van der Waals surface area contributed by atoms with Gasteiger partial charge < -0.3 is 20.0 Å². The second kappa shape index (κ2) is 11.0. The third-order valence-electron chi connectivity index (χ3n) is 5.99. The van der Waals surface area contributed by atoms with Crippen LogP contribution in [0.1, 0.15) is 31.7 Å². The highest BCUT2D eigenvalue weighted by molar-refractivity contribution is 5.62. The van der Waals surface area contributed by atoms with Crippen LogP contribution in [0.5, 0.6) is 0 Å². The molecule has 7 nitrogen and oxygen atoms in total. The van der Waals surface area contributed by atoms with Crippen molar-refractivity contribution in [3.8, 4) is 0 Å². The van der Waals surface area contributed by atoms with E-state index in [9.17, 15) is 0 Å². The van der Waals surface area contributed by atoms with Gasteiger partial charge in [-0.05, 0) is 42.7 Å². The van der Waals surface area contributed by atoms with Crippen LogP contribution in [0.2, 0.25) is 0 Å². The number of piperazine rings is 1. The van der Waals surface area contributed by atoms with Gasteiger partial charge in [-0.3, -0.25) is 0 Å². The van der Waals surface area contributed by atoms with Crippen LogP contribution < -0.4 is 20.0 Å². The van der Waals surface area contributed by atoms with Crippen LogP contribution in [0.3, 0.4) is 0 Å². The van der Waals surface area contributed by atoms with E-state index in [1.165, 1.54) is 24.8 Å². The van der Waals surface area contributed by atoms with E-state index in [1.807, 2.05) is 43.4 Å². The van der Waals surface area contributed by atoms with Crippen molar-refractivity contribution in [1.29, 1.82) is 0 Å². The number of hydrogen-bond acceptors (Lipinski definition) is 7. The summed E-state index contributed by atoms with van der Waals surface area (Å²) in [6, 6.07) is 16.8. The van der Waals surface area contributed by atoms with Gasteiger partial charge in [0.15, 0.2) is 0 Å². The minimum absolute atomic E-state index is 0.764. The van der Waals surface area contributed by atoms with E-state index in [-0.39, 0.29) is 0 Å². The largest absolute Gasteiger partial charge is 0.363 e. The van der Waals surface area contributed by atoms with Crippen molar-refractivity contribution in [2.24, 2.45) is 0 Å². The lowest BCUT2D eigenvalue weighted by Gasteiger charge is -2.35. The van der Waals surface area contributed by atoms with E-state index in [1.54, 1.807) is 0 Å². The summed E-state index contributed by atoms with van der Waals surface area (Å²) < 4.78 is 0. The molecule has 2 aromatic heterocycles. The van der Waals surface area contributed by atoms with Crippen LogP contribution in [0, 0.1) is 0 Å². The molecule has 174 valence electrons. The van der Waals surface area contributed by atoms with Crippen LogP contribution >= 0.6 is 0 Å². The first kappa shape index (κ1) is 22.8. The fourth-order valence-electron chi connectivity index (χ4n) is 4.01. The normalized spacial score (nSPS) is 13.8. The molecule has 7 heteroatoms. The van der Waals surface area contributed by atoms with E-state index in [0.717, 1.165) is 61.7 Å². The Kier molecular flexibility index (Phi) is 7.60. The number of nitrogens with one attached hydrogen (secondary N) is 1. The molecule has 0 spiro atoms. The van der Waals surface area contributed by atoms with Gasteiger partial charge in [0, 0.05) is 58.2 Å². The van der Waals surface area contributed by atoms with Crippen LogP contribution in [0.25, 0.3) is 0 Å². The molecule has 3 heterocycles. The molecule has 0 saturated carbocycles. The first-order chi connectivity index (χ1) is 16.1. The lowest BCUT2D eigenvalue weighted by atomic mass is 10.1. The average Bonchev–Trinajstić information content (AvgIpc) is 2.86. The molecule has 0 aliphatic carbocycles. The van der Waals surface area contributed by atoms with Gasteiger partial charge in [-0.1, -0.05) is 38.0 Å². The van der Waals surface area contributed by atoms with Gasteiger partial charge in [0.2, 0.25) is 5.95 Å². The van der Waals surface area contributed by atoms with Crippen molar-refractivity contribution in [1.82, 2.24) is 15.0 Å². The van der Waals surface area contributed by atoms with Crippen molar-refractivity contribution >= 4 is 29.1 Å².